The lowest BCUT2D eigenvalue weighted by atomic mass is 9.84. The maximum atomic E-state index is 14.2. The van der Waals surface area contributed by atoms with Crippen LogP contribution in [0.4, 0.5) is 4.79 Å². The van der Waals surface area contributed by atoms with Gasteiger partial charge in [-0.15, -0.1) is 11.8 Å². The first-order valence-electron chi connectivity index (χ1n) is 21.1. The summed E-state index contributed by atoms with van der Waals surface area (Å²) >= 11 is 3.42. The Morgan fingerprint density at radius 3 is 1.88 bits per heavy atom. The second kappa shape index (κ2) is 22.5. The van der Waals surface area contributed by atoms with Crippen molar-refractivity contribution >= 4 is 41.5 Å². The standard InChI is InChI=1S/C49H64N4O5S2/c1-8-35(2)43(33-53-32-37-21-19-18-20-36(37)30-44(53)45(54)52-42(28-29-59-7)46(55)57-6)50-31-41(51-47(56)58-48(3,4)5)34-60-49(38-22-12-9-13-23-38,39-24-14-10-15-25-39)40-26-16-11-17-27-40/h9-27,35,41-44,50H,8,28-34H2,1-7H3,(H,51,56)(H,52,54)/t35-,41+,42-,43+,44?/m0/s1. The largest absolute Gasteiger partial charge is 0.467 e. The fourth-order valence-corrected chi connectivity index (χ4v) is 9.85. The van der Waals surface area contributed by atoms with Gasteiger partial charge in [0.1, 0.15) is 11.6 Å². The van der Waals surface area contributed by atoms with Crippen LogP contribution in [-0.4, -0.2) is 90.6 Å². The van der Waals surface area contributed by atoms with Gasteiger partial charge in [0.2, 0.25) is 5.91 Å². The molecule has 5 atom stereocenters. The highest BCUT2D eigenvalue weighted by atomic mass is 32.2. The van der Waals surface area contributed by atoms with E-state index in [0.717, 1.165) is 34.4 Å². The molecule has 1 aliphatic rings. The van der Waals surface area contributed by atoms with Crippen molar-refractivity contribution in [3.05, 3.63) is 143 Å². The Balaban J connectivity index is 1.45. The van der Waals surface area contributed by atoms with Gasteiger partial charge >= 0.3 is 12.1 Å². The fourth-order valence-electron chi connectivity index (χ4n) is 7.82. The molecule has 2 amide bonds. The van der Waals surface area contributed by atoms with Crippen molar-refractivity contribution in [2.24, 2.45) is 5.92 Å². The molecule has 0 saturated carbocycles. The number of hydrogen-bond donors (Lipinski definition) is 3. The zero-order valence-corrected chi connectivity index (χ0v) is 38.0. The first-order chi connectivity index (χ1) is 28.9. The summed E-state index contributed by atoms with van der Waals surface area (Å²) in [5.74, 6) is 0.908. The minimum Gasteiger partial charge on any atom is -0.467 e. The van der Waals surface area contributed by atoms with Gasteiger partial charge in [0, 0.05) is 31.4 Å². The number of thioether (sulfide) groups is 2. The van der Waals surface area contributed by atoms with Crippen LogP contribution >= 0.6 is 23.5 Å². The van der Waals surface area contributed by atoms with Crippen molar-refractivity contribution in [1.82, 2.24) is 20.9 Å². The molecule has 4 aromatic rings. The summed E-state index contributed by atoms with van der Waals surface area (Å²) in [5, 5.41) is 10.2. The lowest BCUT2D eigenvalue weighted by Gasteiger charge is -2.40. The molecular weight excluding hydrogens is 789 g/mol. The summed E-state index contributed by atoms with van der Waals surface area (Å²) in [6, 6.07) is 38.4. The normalized spacial score (nSPS) is 16.4. The van der Waals surface area contributed by atoms with Crippen LogP contribution in [0.1, 0.15) is 75.3 Å². The Labute approximate surface area is 366 Å². The molecule has 9 nitrogen and oxygen atoms in total. The van der Waals surface area contributed by atoms with Crippen LogP contribution in [0.5, 0.6) is 0 Å². The molecule has 0 radical (unpaired) electrons. The lowest BCUT2D eigenvalue weighted by Crippen LogP contribution is -2.58. The van der Waals surface area contributed by atoms with Gasteiger partial charge in [-0.3, -0.25) is 9.69 Å². The van der Waals surface area contributed by atoms with E-state index < -0.39 is 34.5 Å². The monoisotopic (exact) mass is 852 g/mol. The number of nitrogens with one attached hydrogen (secondary N) is 3. The van der Waals surface area contributed by atoms with Gasteiger partial charge in [-0.05, 0) is 79.4 Å². The minimum atomic E-state index is -0.718. The van der Waals surface area contributed by atoms with E-state index in [4.69, 9.17) is 9.47 Å². The van der Waals surface area contributed by atoms with Crippen molar-refractivity contribution in [1.29, 1.82) is 0 Å². The van der Waals surface area contributed by atoms with Crippen molar-refractivity contribution in [3.8, 4) is 0 Å². The number of rotatable bonds is 20. The summed E-state index contributed by atoms with van der Waals surface area (Å²) in [4.78, 5) is 42.8. The number of ether oxygens (including phenoxy) is 2. The average Bonchev–Trinajstić information content (AvgIpc) is 3.26. The summed E-state index contributed by atoms with van der Waals surface area (Å²) in [7, 11) is 1.36. The van der Waals surface area contributed by atoms with Crippen LogP contribution in [0.15, 0.2) is 115 Å². The van der Waals surface area contributed by atoms with E-state index in [1.807, 2.05) is 57.4 Å². The van der Waals surface area contributed by atoms with E-state index in [2.05, 4.69) is 120 Å². The van der Waals surface area contributed by atoms with Gasteiger partial charge in [-0.1, -0.05) is 136 Å². The number of fused-ring (bicyclic) bond motifs is 1. The number of methoxy groups -OCH3 is 1. The van der Waals surface area contributed by atoms with Crippen LogP contribution < -0.4 is 16.0 Å². The predicted molar refractivity (Wildman–Crippen MR) is 247 cm³/mol. The molecule has 1 aliphatic heterocycles. The molecule has 4 aromatic carbocycles. The van der Waals surface area contributed by atoms with Crippen molar-refractivity contribution in [2.75, 3.05) is 38.0 Å². The number of esters is 1. The predicted octanol–water partition coefficient (Wildman–Crippen LogP) is 8.45. The van der Waals surface area contributed by atoms with Crippen LogP contribution in [0, 0.1) is 5.92 Å². The molecule has 60 heavy (non-hydrogen) atoms. The third kappa shape index (κ3) is 12.6. The molecule has 0 aliphatic carbocycles. The number of hydrogen-bond acceptors (Lipinski definition) is 9. The Kier molecular flexibility index (Phi) is 17.6. The van der Waals surface area contributed by atoms with E-state index >= 15 is 0 Å². The third-order valence-corrected chi connectivity index (χ3v) is 13.6. The molecule has 11 heteroatoms. The molecule has 0 bridgehead atoms. The summed E-state index contributed by atoms with van der Waals surface area (Å²) in [6.07, 6.45) is 3.45. The molecule has 0 saturated heterocycles. The van der Waals surface area contributed by atoms with Crippen LogP contribution in [0.25, 0.3) is 0 Å². The number of benzene rings is 4. The summed E-state index contributed by atoms with van der Waals surface area (Å²) in [6.45, 7) is 11.7. The zero-order valence-electron chi connectivity index (χ0n) is 36.3. The van der Waals surface area contributed by atoms with Gasteiger partial charge in [0.15, 0.2) is 0 Å². The Hall–Kier alpha value is -4.29. The van der Waals surface area contributed by atoms with Crippen molar-refractivity contribution < 1.29 is 23.9 Å². The lowest BCUT2D eigenvalue weighted by molar-refractivity contribution is -0.146. The molecule has 322 valence electrons. The van der Waals surface area contributed by atoms with E-state index in [1.165, 1.54) is 12.7 Å². The third-order valence-electron chi connectivity index (χ3n) is 11.2. The van der Waals surface area contributed by atoms with Gasteiger partial charge in [-0.2, -0.15) is 11.8 Å². The molecule has 1 heterocycles. The number of alkyl carbamates (subject to hydrolysis) is 1. The number of amides is 2. The van der Waals surface area contributed by atoms with E-state index in [-0.39, 0.29) is 23.9 Å². The highest BCUT2D eigenvalue weighted by Gasteiger charge is 2.39. The van der Waals surface area contributed by atoms with Gasteiger partial charge in [0.25, 0.3) is 0 Å². The second-order valence-corrected chi connectivity index (χ2v) is 18.8. The van der Waals surface area contributed by atoms with E-state index in [1.54, 1.807) is 23.5 Å². The Bertz CT molecular complexity index is 1850. The smallest absolute Gasteiger partial charge is 0.407 e. The first-order valence-corrected chi connectivity index (χ1v) is 23.5. The topological polar surface area (TPSA) is 109 Å². The quantitative estimate of drug-likeness (QED) is 0.0597. The molecule has 0 aromatic heterocycles. The van der Waals surface area contributed by atoms with Gasteiger partial charge in [0.05, 0.1) is 23.9 Å². The molecule has 5 rings (SSSR count). The molecule has 0 fully saturated rings. The zero-order chi connectivity index (χ0) is 43.1. The molecule has 3 N–H and O–H groups in total. The van der Waals surface area contributed by atoms with E-state index in [0.29, 0.717) is 38.2 Å². The maximum absolute atomic E-state index is 14.2. The van der Waals surface area contributed by atoms with Gasteiger partial charge in [-0.25, -0.2) is 9.59 Å². The van der Waals surface area contributed by atoms with Crippen LogP contribution in [-0.2, 0) is 36.8 Å². The van der Waals surface area contributed by atoms with Crippen molar-refractivity contribution in [2.45, 2.75) is 94.9 Å². The Morgan fingerprint density at radius 2 is 1.37 bits per heavy atom. The summed E-state index contributed by atoms with van der Waals surface area (Å²) in [5.41, 5.74) is 5.09. The minimum absolute atomic E-state index is 0.0291. The highest BCUT2D eigenvalue weighted by Crippen LogP contribution is 2.48. The number of carbonyl (C=O) groups excluding carboxylic acids is 3. The van der Waals surface area contributed by atoms with Crippen molar-refractivity contribution in [3.63, 3.8) is 0 Å². The highest BCUT2D eigenvalue weighted by molar-refractivity contribution is 8.00. The number of nitrogens with zero attached hydrogens (tertiary/aromatic N) is 1. The van der Waals surface area contributed by atoms with Crippen LogP contribution in [0.2, 0.25) is 0 Å². The average molecular weight is 853 g/mol. The molecule has 1 unspecified atom stereocenters. The Morgan fingerprint density at radius 1 is 0.817 bits per heavy atom. The second-order valence-electron chi connectivity index (χ2n) is 16.6. The SMILES string of the molecule is CC[C@H](C)[C@@H](CN1Cc2ccccc2CC1C(=O)N[C@@H](CCSC)C(=O)OC)NC[C@H](CSC(c1ccccc1)(c1ccccc1)c1ccccc1)NC(=O)OC(C)(C)C. The van der Waals surface area contributed by atoms with Crippen LogP contribution in [0.3, 0.4) is 0 Å². The molecule has 0 spiro atoms. The number of carbonyl (C=O) groups is 3. The summed E-state index contributed by atoms with van der Waals surface area (Å²) < 4.78 is 10.3. The molecular formula is C49H64N4O5S2. The van der Waals surface area contributed by atoms with Gasteiger partial charge < -0.3 is 25.4 Å². The fraction of sp³-hybridized carbons (Fsp3) is 0.449. The maximum Gasteiger partial charge on any atom is 0.407 e. The van der Waals surface area contributed by atoms with E-state index in [9.17, 15) is 14.4 Å². The first kappa shape index (κ1) is 46.8.